The molecule has 1 aliphatic rings. The zero-order valence-electron chi connectivity index (χ0n) is 12.6. The maximum Gasteiger partial charge on any atom is 0.416 e. The highest BCUT2D eigenvalue weighted by Crippen LogP contribution is 2.20. The van der Waals surface area contributed by atoms with E-state index in [1.165, 1.54) is 0 Å². The molecule has 0 radical (unpaired) electrons. The molecule has 0 N–H and O–H groups in total. The Hall–Kier alpha value is -1.59. The Morgan fingerprint density at radius 3 is 2.50 bits per heavy atom. The summed E-state index contributed by atoms with van der Waals surface area (Å²) in [5.41, 5.74) is -0.580. The third-order valence-electron chi connectivity index (χ3n) is 2.85. The van der Waals surface area contributed by atoms with Gasteiger partial charge in [-0.3, -0.25) is 9.59 Å². The zero-order chi connectivity index (χ0) is 15.3. The molecule has 0 unspecified atom stereocenters. The highest BCUT2D eigenvalue weighted by Gasteiger charge is 2.34. The first kappa shape index (κ1) is 16.5. The van der Waals surface area contributed by atoms with Gasteiger partial charge in [0.1, 0.15) is 12.2 Å². The van der Waals surface area contributed by atoms with Crippen molar-refractivity contribution in [3.63, 3.8) is 0 Å². The second-order valence-corrected chi connectivity index (χ2v) is 5.88. The number of amides is 2. The summed E-state index contributed by atoms with van der Waals surface area (Å²) in [7, 11) is 0. The van der Waals surface area contributed by atoms with E-state index in [4.69, 9.17) is 9.47 Å². The van der Waals surface area contributed by atoms with Crippen LogP contribution in [0, 0.1) is 5.92 Å². The summed E-state index contributed by atoms with van der Waals surface area (Å²) >= 11 is 0. The minimum Gasteiger partial charge on any atom is -0.460 e. The lowest BCUT2D eigenvalue weighted by Crippen LogP contribution is -2.38. The second kappa shape index (κ2) is 6.72. The number of nitrogens with zero attached hydrogens (tertiary/aromatic N) is 1. The number of hydrogen-bond acceptors (Lipinski definition) is 5. The van der Waals surface area contributed by atoms with Gasteiger partial charge >= 0.3 is 12.1 Å². The monoisotopic (exact) mass is 285 g/mol. The van der Waals surface area contributed by atoms with E-state index in [1.54, 1.807) is 20.8 Å². The second-order valence-electron chi connectivity index (χ2n) is 5.88. The van der Waals surface area contributed by atoms with E-state index in [2.05, 4.69) is 0 Å². The predicted octanol–water partition coefficient (Wildman–Crippen LogP) is 2.11. The standard InChI is InChI=1S/C14H23NO5/c1-5-6-10(9-11(16)20-14(2,3)4)12(17)15-7-8-19-13(15)18/h10H,5-9H2,1-4H3/t10-/m1/s1. The Morgan fingerprint density at radius 2 is 2.05 bits per heavy atom. The van der Waals surface area contributed by atoms with Gasteiger partial charge in [0.25, 0.3) is 0 Å². The number of cyclic esters (lactones) is 1. The summed E-state index contributed by atoms with van der Waals surface area (Å²) in [4.78, 5) is 36.6. The van der Waals surface area contributed by atoms with Gasteiger partial charge in [-0.2, -0.15) is 0 Å². The van der Waals surface area contributed by atoms with Gasteiger partial charge in [0, 0.05) is 5.92 Å². The average molecular weight is 285 g/mol. The van der Waals surface area contributed by atoms with E-state index in [9.17, 15) is 14.4 Å². The number of ether oxygens (including phenoxy) is 2. The topological polar surface area (TPSA) is 72.9 Å². The maximum atomic E-state index is 12.3. The van der Waals surface area contributed by atoms with Crippen LogP contribution in [0.2, 0.25) is 0 Å². The van der Waals surface area contributed by atoms with Gasteiger partial charge in [-0.15, -0.1) is 0 Å². The molecule has 1 aliphatic heterocycles. The van der Waals surface area contributed by atoms with Crippen LogP contribution in [0.3, 0.4) is 0 Å². The molecule has 114 valence electrons. The van der Waals surface area contributed by atoms with Crippen molar-refractivity contribution in [2.45, 2.75) is 52.6 Å². The molecule has 1 rings (SSSR count). The van der Waals surface area contributed by atoms with Crippen LogP contribution in [0.15, 0.2) is 0 Å². The van der Waals surface area contributed by atoms with E-state index in [1.807, 2.05) is 6.92 Å². The Morgan fingerprint density at radius 1 is 1.40 bits per heavy atom. The lowest BCUT2D eigenvalue weighted by Gasteiger charge is -2.23. The smallest absolute Gasteiger partial charge is 0.416 e. The van der Waals surface area contributed by atoms with Crippen LogP contribution in [0.5, 0.6) is 0 Å². The molecule has 6 nitrogen and oxygen atoms in total. The zero-order valence-corrected chi connectivity index (χ0v) is 12.6. The van der Waals surface area contributed by atoms with Crippen molar-refractivity contribution in [3.05, 3.63) is 0 Å². The Balaban J connectivity index is 2.66. The SMILES string of the molecule is CCC[C@H](CC(=O)OC(C)(C)C)C(=O)N1CCOC1=O. The van der Waals surface area contributed by atoms with Crippen molar-refractivity contribution in [2.75, 3.05) is 13.2 Å². The van der Waals surface area contributed by atoms with Crippen LogP contribution in [-0.4, -0.2) is 41.6 Å². The number of carbonyl (C=O) groups excluding carboxylic acids is 3. The molecular weight excluding hydrogens is 262 g/mol. The van der Waals surface area contributed by atoms with Gasteiger partial charge in [-0.25, -0.2) is 9.69 Å². The molecule has 20 heavy (non-hydrogen) atoms. The van der Waals surface area contributed by atoms with Gasteiger partial charge in [-0.05, 0) is 27.2 Å². The summed E-state index contributed by atoms with van der Waals surface area (Å²) in [5.74, 6) is -1.29. The van der Waals surface area contributed by atoms with Crippen molar-refractivity contribution in [3.8, 4) is 0 Å². The van der Waals surface area contributed by atoms with Crippen LogP contribution in [0.25, 0.3) is 0 Å². The fourth-order valence-corrected chi connectivity index (χ4v) is 2.06. The first-order valence-electron chi connectivity index (χ1n) is 6.94. The predicted molar refractivity (Wildman–Crippen MR) is 71.9 cm³/mol. The van der Waals surface area contributed by atoms with Crippen molar-refractivity contribution in [2.24, 2.45) is 5.92 Å². The normalized spacial score (nSPS) is 16.8. The highest BCUT2D eigenvalue weighted by molar-refractivity contribution is 5.95. The minimum absolute atomic E-state index is 0.00623. The summed E-state index contributed by atoms with van der Waals surface area (Å²) in [6.07, 6.45) is 0.665. The van der Waals surface area contributed by atoms with Gasteiger partial charge in [0.05, 0.1) is 13.0 Å². The molecule has 1 saturated heterocycles. The molecule has 0 aliphatic carbocycles. The molecule has 0 aromatic carbocycles. The lowest BCUT2D eigenvalue weighted by atomic mass is 9.98. The van der Waals surface area contributed by atoms with Crippen molar-refractivity contribution in [1.29, 1.82) is 0 Å². The molecule has 0 aromatic heterocycles. The molecule has 6 heteroatoms. The van der Waals surface area contributed by atoms with Crippen LogP contribution in [0.4, 0.5) is 4.79 Å². The van der Waals surface area contributed by atoms with Crippen molar-refractivity contribution >= 4 is 18.0 Å². The maximum absolute atomic E-state index is 12.3. The number of rotatable bonds is 5. The largest absolute Gasteiger partial charge is 0.460 e. The molecular formula is C14H23NO5. The molecule has 1 fully saturated rings. The lowest BCUT2D eigenvalue weighted by molar-refractivity contribution is -0.158. The summed E-state index contributed by atoms with van der Waals surface area (Å²) in [5, 5.41) is 0. The van der Waals surface area contributed by atoms with Crippen molar-refractivity contribution < 1.29 is 23.9 Å². The average Bonchev–Trinajstić information content (AvgIpc) is 2.71. The third kappa shape index (κ3) is 4.83. The Kier molecular flexibility index (Phi) is 5.53. The van der Waals surface area contributed by atoms with Crippen LogP contribution < -0.4 is 0 Å². The molecule has 0 saturated carbocycles. The minimum atomic E-state index is -0.625. The number of hydrogen-bond donors (Lipinski definition) is 0. The molecule has 1 atom stereocenters. The van der Waals surface area contributed by atoms with E-state index in [0.717, 1.165) is 11.3 Å². The van der Waals surface area contributed by atoms with E-state index in [0.29, 0.717) is 6.42 Å². The summed E-state index contributed by atoms with van der Waals surface area (Å²) in [6, 6.07) is 0. The van der Waals surface area contributed by atoms with Gasteiger partial charge in [0.2, 0.25) is 5.91 Å². The molecule has 2 amide bonds. The Bertz CT molecular complexity index is 386. The number of esters is 1. The summed E-state index contributed by atoms with van der Waals surface area (Å²) < 4.78 is 9.98. The van der Waals surface area contributed by atoms with Crippen molar-refractivity contribution in [1.82, 2.24) is 4.90 Å². The van der Waals surface area contributed by atoms with Crippen LogP contribution in [-0.2, 0) is 19.1 Å². The van der Waals surface area contributed by atoms with E-state index >= 15 is 0 Å². The molecule has 1 heterocycles. The van der Waals surface area contributed by atoms with E-state index < -0.39 is 23.6 Å². The van der Waals surface area contributed by atoms with Gasteiger partial charge < -0.3 is 9.47 Å². The molecule has 0 spiro atoms. The quantitative estimate of drug-likeness (QED) is 0.723. The van der Waals surface area contributed by atoms with E-state index in [-0.39, 0.29) is 25.5 Å². The molecule has 0 bridgehead atoms. The number of imide groups is 1. The first-order valence-corrected chi connectivity index (χ1v) is 6.94. The first-order chi connectivity index (χ1) is 9.24. The molecule has 0 aromatic rings. The Labute approximate surface area is 119 Å². The van der Waals surface area contributed by atoms with Gasteiger partial charge in [0.15, 0.2) is 0 Å². The third-order valence-corrected chi connectivity index (χ3v) is 2.85. The van der Waals surface area contributed by atoms with Gasteiger partial charge in [-0.1, -0.05) is 13.3 Å². The fraction of sp³-hybridized carbons (Fsp3) is 0.786. The fourth-order valence-electron chi connectivity index (χ4n) is 2.06. The highest BCUT2D eigenvalue weighted by atomic mass is 16.6. The summed E-state index contributed by atoms with van der Waals surface area (Å²) in [6.45, 7) is 7.73. The van der Waals surface area contributed by atoms with Crippen LogP contribution in [0.1, 0.15) is 47.0 Å². The van der Waals surface area contributed by atoms with Crippen LogP contribution >= 0.6 is 0 Å². The number of carbonyl (C=O) groups is 3.